The van der Waals surface area contributed by atoms with Gasteiger partial charge in [-0.15, -0.1) is 0 Å². The molecule has 0 aliphatic heterocycles. The molecule has 0 unspecified atom stereocenters. The third-order valence-corrected chi connectivity index (χ3v) is 1.89. The van der Waals surface area contributed by atoms with Gasteiger partial charge in [0.05, 0.1) is 32.2 Å². The maximum absolute atomic E-state index is 9.79. The highest BCUT2D eigenvalue weighted by atomic mass is 32.2. The molecule has 9 heteroatoms. The van der Waals surface area contributed by atoms with E-state index in [1.807, 2.05) is 0 Å². The van der Waals surface area contributed by atoms with E-state index < -0.39 is 10.1 Å². The van der Waals surface area contributed by atoms with E-state index in [2.05, 4.69) is 15.3 Å². The quantitative estimate of drug-likeness (QED) is 0.241. The molecule has 4 N–H and O–H groups in total. The summed E-state index contributed by atoms with van der Waals surface area (Å²) in [6.07, 6.45) is 0.471. The monoisotopic (exact) mass is 261 g/mol. The highest BCUT2D eigenvalue weighted by Gasteiger charge is 1.98. The van der Waals surface area contributed by atoms with Crippen LogP contribution in [0.2, 0.25) is 0 Å². The summed E-state index contributed by atoms with van der Waals surface area (Å²) in [7, 11) is -3.67. The lowest BCUT2D eigenvalue weighted by Gasteiger charge is -2.01. The van der Waals surface area contributed by atoms with Crippen molar-refractivity contribution in [2.45, 2.75) is 13.3 Å². The van der Waals surface area contributed by atoms with Crippen LogP contribution in [0.5, 0.6) is 0 Å². The first kappa shape index (κ1) is 18.1. The molecule has 0 fully saturated rings. The molecule has 0 aliphatic carbocycles. The summed E-state index contributed by atoms with van der Waals surface area (Å²) >= 11 is 0. The predicted molar refractivity (Wildman–Crippen MR) is 55.9 cm³/mol. The fourth-order valence-corrected chi connectivity index (χ4v) is 0.990. The van der Waals surface area contributed by atoms with Gasteiger partial charge in [-0.25, -0.2) is 0 Å². The van der Waals surface area contributed by atoms with Crippen molar-refractivity contribution >= 4 is 10.1 Å². The minimum Gasteiger partial charge on any atom is -0.394 e. The molecule has 0 aromatic carbocycles. The molecule has 16 heavy (non-hydrogen) atoms. The summed E-state index contributed by atoms with van der Waals surface area (Å²) in [5.74, 6) is -0.132. The molecule has 0 radical (unpaired) electrons. The van der Waals surface area contributed by atoms with Gasteiger partial charge < -0.3 is 10.2 Å². The zero-order valence-electron chi connectivity index (χ0n) is 9.13. The third-order valence-electron chi connectivity index (χ3n) is 0.967. The molecule has 0 rings (SSSR count). The molecule has 0 aromatic heterocycles. The van der Waals surface area contributed by atoms with E-state index in [1.165, 1.54) is 0 Å². The van der Waals surface area contributed by atoms with Gasteiger partial charge in [0.25, 0.3) is 10.1 Å². The second-order valence-electron chi connectivity index (χ2n) is 2.51. The van der Waals surface area contributed by atoms with Gasteiger partial charge in [0.1, 0.15) is 0 Å². The fourth-order valence-electron chi connectivity index (χ4n) is 0.474. The van der Waals surface area contributed by atoms with E-state index >= 15 is 0 Å². The van der Waals surface area contributed by atoms with Crippen LogP contribution in [0.15, 0.2) is 0 Å². The van der Waals surface area contributed by atoms with Crippen LogP contribution in [0.1, 0.15) is 13.3 Å². The van der Waals surface area contributed by atoms with E-state index in [-0.39, 0.29) is 32.2 Å². The second kappa shape index (κ2) is 12.8. The highest BCUT2D eigenvalue weighted by molar-refractivity contribution is 7.85. The van der Waals surface area contributed by atoms with E-state index in [4.69, 9.17) is 14.8 Å². The molecular formula is C7H19NO7S. The molecule has 0 bridgehead atoms. The SMILES string of the molecule is CCCS(=O)(=O)O.OCCONOCCO. The van der Waals surface area contributed by atoms with Crippen molar-refractivity contribution in [2.75, 3.05) is 32.2 Å². The average molecular weight is 261 g/mol. The van der Waals surface area contributed by atoms with Crippen LogP contribution in [-0.2, 0) is 19.8 Å². The largest absolute Gasteiger partial charge is 0.394 e. The van der Waals surface area contributed by atoms with Gasteiger partial charge >= 0.3 is 0 Å². The Morgan fingerprint density at radius 3 is 1.75 bits per heavy atom. The first-order valence-corrected chi connectivity index (χ1v) is 6.24. The Bertz CT molecular complexity index is 213. The molecule has 0 atom stereocenters. The predicted octanol–water partition coefficient (Wildman–Crippen LogP) is -1.29. The second-order valence-corrected chi connectivity index (χ2v) is 4.09. The zero-order valence-corrected chi connectivity index (χ0v) is 9.94. The first-order valence-electron chi connectivity index (χ1n) is 4.63. The Balaban J connectivity index is 0. The fraction of sp³-hybridized carbons (Fsp3) is 1.00. The summed E-state index contributed by atoms with van der Waals surface area (Å²) in [5.41, 5.74) is 2.07. The average Bonchev–Trinajstić information content (AvgIpc) is 2.17. The van der Waals surface area contributed by atoms with Crippen molar-refractivity contribution in [3.05, 3.63) is 0 Å². The Kier molecular flexibility index (Phi) is 14.4. The van der Waals surface area contributed by atoms with E-state index in [0.717, 1.165) is 0 Å². The van der Waals surface area contributed by atoms with Gasteiger partial charge in [-0.05, 0) is 6.42 Å². The number of hydrogen-bond donors (Lipinski definition) is 4. The third kappa shape index (κ3) is 23.5. The van der Waals surface area contributed by atoms with E-state index in [1.54, 1.807) is 6.92 Å². The van der Waals surface area contributed by atoms with Crippen LogP contribution in [0.3, 0.4) is 0 Å². The number of hydrogen-bond acceptors (Lipinski definition) is 7. The molecule has 8 nitrogen and oxygen atoms in total. The number of nitrogens with one attached hydrogen (secondary N) is 1. The Labute approximate surface area is 94.8 Å². The van der Waals surface area contributed by atoms with Crippen molar-refractivity contribution < 1.29 is 32.9 Å². The van der Waals surface area contributed by atoms with Crippen molar-refractivity contribution in [2.24, 2.45) is 0 Å². The summed E-state index contributed by atoms with van der Waals surface area (Å²) in [4.78, 5) is 8.90. The lowest BCUT2D eigenvalue weighted by molar-refractivity contribution is -0.178. The van der Waals surface area contributed by atoms with Crippen LogP contribution in [0, 0.1) is 0 Å². The maximum atomic E-state index is 9.79. The number of aliphatic hydroxyl groups excluding tert-OH is 2. The molecule has 0 saturated carbocycles. The van der Waals surface area contributed by atoms with Crippen LogP contribution < -0.4 is 5.64 Å². The molecule has 0 spiro atoms. The van der Waals surface area contributed by atoms with Gasteiger partial charge in [0, 0.05) is 0 Å². The molecule has 0 aliphatic rings. The molecule has 0 saturated heterocycles. The first-order chi connectivity index (χ1) is 7.47. The van der Waals surface area contributed by atoms with Crippen molar-refractivity contribution in [1.82, 2.24) is 5.64 Å². The number of rotatable bonds is 8. The van der Waals surface area contributed by atoms with E-state index in [0.29, 0.717) is 6.42 Å². The van der Waals surface area contributed by atoms with Crippen molar-refractivity contribution in [3.8, 4) is 0 Å². The van der Waals surface area contributed by atoms with Gasteiger partial charge in [0.2, 0.25) is 0 Å². The standard InChI is InChI=1S/C4H11NO4.C3H8O3S/c6-1-3-8-5-9-4-2-7;1-2-3-7(4,5)6/h5-7H,1-4H2;2-3H2,1H3,(H,4,5,6). The minimum atomic E-state index is -3.67. The zero-order chi connectivity index (χ0) is 12.9. The van der Waals surface area contributed by atoms with Crippen LogP contribution in [-0.4, -0.2) is 55.4 Å². The number of aliphatic hydroxyl groups is 2. The topological polar surface area (TPSA) is 125 Å². The molecule has 0 amide bonds. The highest BCUT2D eigenvalue weighted by Crippen LogP contribution is 1.83. The summed E-state index contributed by atoms with van der Waals surface area (Å²) in [6.45, 7) is 1.91. The molecule has 0 aromatic rings. The molecular weight excluding hydrogens is 242 g/mol. The van der Waals surface area contributed by atoms with E-state index in [9.17, 15) is 8.42 Å². The van der Waals surface area contributed by atoms with Crippen LogP contribution >= 0.6 is 0 Å². The van der Waals surface area contributed by atoms with Crippen LogP contribution in [0.25, 0.3) is 0 Å². The maximum Gasteiger partial charge on any atom is 0.264 e. The normalized spacial score (nSPS) is 10.8. The lowest BCUT2D eigenvalue weighted by atomic mass is 10.6. The molecule has 100 valence electrons. The van der Waals surface area contributed by atoms with Crippen LogP contribution in [0.4, 0.5) is 0 Å². The van der Waals surface area contributed by atoms with Gasteiger partial charge in [0.15, 0.2) is 0 Å². The van der Waals surface area contributed by atoms with Gasteiger partial charge in [-0.3, -0.25) is 14.2 Å². The smallest absolute Gasteiger partial charge is 0.264 e. The Morgan fingerprint density at radius 2 is 1.56 bits per heavy atom. The van der Waals surface area contributed by atoms with Crippen molar-refractivity contribution in [1.29, 1.82) is 0 Å². The lowest BCUT2D eigenvalue weighted by Crippen LogP contribution is -2.19. The minimum absolute atomic E-state index is 0.0600. The molecule has 0 heterocycles. The Hall–Kier alpha value is -0.290. The Morgan fingerprint density at radius 1 is 1.12 bits per heavy atom. The summed E-state index contributed by atoms with van der Waals surface area (Å²) < 4.78 is 27.6. The van der Waals surface area contributed by atoms with Gasteiger partial charge in [-0.1, -0.05) is 12.6 Å². The summed E-state index contributed by atoms with van der Waals surface area (Å²) in [6, 6.07) is 0. The summed E-state index contributed by atoms with van der Waals surface area (Å²) in [5, 5.41) is 16.3. The van der Waals surface area contributed by atoms with Crippen molar-refractivity contribution in [3.63, 3.8) is 0 Å². The van der Waals surface area contributed by atoms with Gasteiger partial charge in [-0.2, -0.15) is 8.42 Å².